The summed E-state index contributed by atoms with van der Waals surface area (Å²) in [5.41, 5.74) is 4.29. The maximum absolute atomic E-state index is 13.4. The Balaban J connectivity index is 1.38. The number of rotatable bonds is 3. The van der Waals surface area contributed by atoms with Gasteiger partial charge in [-0.15, -0.1) is 0 Å². The van der Waals surface area contributed by atoms with E-state index in [1.807, 2.05) is 22.0 Å². The molecular formula is C24H28N2O3. The van der Waals surface area contributed by atoms with E-state index in [0.29, 0.717) is 19.6 Å². The van der Waals surface area contributed by atoms with E-state index in [9.17, 15) is 9.59 Å². The van der Waals surface area contributed by atoms with E-state index in [-0.39, 0.29) is 17.9 Å². The summed E-state index contributed by atoms with van der Waals surface area (Å²) in [4.78, 5) is 30.5. The van der Waals surface area contributed by atoms with Gasteiger partial charge in [-0.2, -0.15) is 0 Å². The Bertz CT molecular complexity index is 949. The van der Waals surface area contributed by atoms with Gasteiger partial charge in [0.15, 0.2) is 0 Å². The Morgan fingerprint density at radius 3 is 2.79 bits per heavy atom. The van der Waals surface area contributed by atoms with Crippen molar-refractivity contribution < 1.29 is 14.3 Å². The molecule has 2 unspecified atom stereocenters. The SMILES string of the molecule is CC1=CCN(C(=O)C2C3C(=O)N(Cc4ccc(C)c(C)c4)C[C@]34C=C[C@H]2O4)CC1. The second kappa shape index (κ2) is 6.56. The van der Waals surface area contributed by atoms with Crippen molar-refractivity contribution >= 4 is 11.8 Å². The lowest BCUT2D eigenvalue weighted by atomic mass is 9.76. The van der Waals surface area contributed by atoms with E-state index < -0.39 is 17.4 Å². The van der Waals surface area contributed by atoms with Crippen LogP contribution in [-0.2, 0) is 20.9 Å². The zero-order valence-electron chi connectivity index (χ0n) is 17.4. The number of nitrogens with zero attached hydrogens (tertiary/aromatic N) is 2. The molecule has 5 rings (SSSR count). The fourth-order valence-electron chi connectivity index (χ4n) is 5.30. The fraction of sp³-hybridized carbons (Fsp3) is 0.500. The summed E-state index contributed by atoms with van der Waals surface area (Å²) in [6, 6.07) is 6.33. The number of ether oxygens (including phenoxy) is 1. The number of likely N-dealkylation sites (tertiary alicyclic amines) is 1. The smallest absolute Gasteiger partial charge is 0.230 e. The van der Waals surface area contributed by atoms with Crippen LogP contribution >= 0.6 is 0 Å². The predicted octanol–water partition coefficient (Wildman–Crippen LogP) is 2.76. The van der Waals surface area contributed by atoms with Crippen LogP contribution in [0.1, 0.15) is 30.0 Å². The number of fused-ring (bicyclic) bond motifs is 1. The van der Waals surface area contributed by atoms with Gasteiger partial charge in [-0.25, -0.2) is 0 Å². The Hall–Kier alpha value is -2.40. The Morgan fingerprint density at radius 2 is 2.07 bits per heavy atom. The number of amides is 2. The number of hydrogen-bond donors (Lipinski definition) is 0. The summed E-state index contributed by atoms with van der Waals surface area (Å²) >= 11 is 0. The normalized spacial score (nSPS) is 32.7. The summed E-state index contributed by atoms with van der Waals surface area (Å²) in [5.74, 6) is -0.680. The molecule has 4 aliphatic rings. The molecule has 5 heteroatoms. The second-order valence-corrected chi connectivity index (χ2v) is 9.10. The predicted molar refractivity (Wildman–Crippen MR) is 110 cm³/mol. The molecule has 5 nitrogen and oxygen atoms in total. The molecule has 2 fully saturated rings. The number of benzene rings is 1. The third-order valence-corrected chi connectivity index (χ3v) is 7.16. The van der Waals surface area contributed by atoms with Crippen LogP contribution in [0.3, 0.4) is 0 Å². The molecule has 4 aliphatic heterocycles. The number of carbonyl (C=O) groups is 2. The first-order chi connectivity index (χ1) is 13.9. The molecule has 4 atom stereocenters. The molecule has 152 valence electrons. The Morgan fingerprint density at radius 1 is 1.24 bits per heavy atom. The molecule has 1 spiro atoms. The quantitative estimate of drug-likeness (QED) is 0.744. The highest BCUT2D eigenvalue weighted by atomic mass is 16.5. The van der Waals surface area contributed by atoms with E-state index in [2.05, 4.69) is 45.0 Å². The van der Waals surface area contributed by atoms with Crippen LogP contribution in [0.25, 0.3) is 0 Å². The van der Waals surface area contributed by atoms with Gasteiger partial charge >= 0.3 is 0 Å². The van der Waals surface area contributed by atoms with Crippen LogP contribution in [0.2, 0.25) is 0 Å². The van der Waals surface area contributed by atoms with Gasteiger partial charge in [0, 0.05) is 19.6 Å². The summed E-state index contributed by atoms with van der Waals surface area (Å²) in [6.45, 7) is 8.74. The van der Waals surface area contributed by atoms with Crippen molar-refractivity contribution in [2.75, 3.05) is 19.6 Å². The van der Waals surface area contributed by atoms with E-state index in [0.717, 1.165) is 18.5 Å². The van der Waals surface area contributed by atoms with Crippen molar-refractivity contribution in [1.29, 1.82) is 0 Å². The van der Waals surface area contributed by atoms with Crippen LogP contribution in [-0.4, -0.2) is 53.0 Å². The average molecular weight is 392 g/mol. The van der Waals surface area contributed by atoms with Gasteiger partial charge in [-0.05, 0) is 43.9 Å². The van der Waals surface area contributed by atoms with Gasteiger partial charge in [-0.1, -0.05) is 42.0 Å². The molecular weight excluding hydrogens is 364 g/mol. The van der Waals surface area contributed by atoms with Crippen molar-refractivity contribution in [1.82, 2.24) is 9.80 Å². The maximum atomic E-state index is 13.4. The number of aryl methyl sites for hydroxylation is 2. The maximum Gasteiger partial charge on any atom is 0.230 e. The van der Waals surface area contributed by atoms with Crippen LogP contribution in [0.5, 0.6) is 0 Å². The lowest BCUT2D eigenvalue weighted by Crippen LogP contribution is -2.47. The molecule has 2 bridgehead atoms. The molecule has 0 N–H and O–H groups in total. The second-order valence-electron chi connectivity index (χ2n) is 9.10. The molecule has 0 aliphatic carbocycles. The minimum atomic E-state index is -0.636. The van der Waals surface area contributed by atoms with Crippen molar-refractivity contribution in [3.8, 4) is 0 Å². The first kappa shape index (κ1) is 18.6. The molecule has 2 saturated heterocycles. The fourth-order valence-corrected chi connectivity index (χ4v) is 5.30. The topological polar surface area (TPSA) is 49.9 Å². The molecule has 2 amide bonds. The molecule has 0 saturated carbocycles. The van der Waals surface area contributed by atoms with E-state index in [4.69, 9.17) is 4.74 Å². The summed E-state index contributed by atoms with van der Waals surface area (Å²) in [6.07, 6.45) is 6.78. The van der Waals surface area contributed by atoms with Crippen LogP contribution in [0.4, 0.5) is 0 Å². The minimum Gasteiger partial charge on any atom is -0.360 e. The van der Waals surface area contributed by atoms with Gasteiger partial charge in [-0.3, -0.25) is 9.59 Å². The first-order valence-electron chi connectivity index (χ1n) is 10.5. The van der Waals surface area contributed by atoms with Crippen LogP contribution in [0, 0.1) is 25.7 Å². The lowest BCUT2D eigenvalue weighted by Gasteiger charge is -2.31. The zero-order valence-corrected chi connectivity index (χ0v) is 17.4. The third-order valence-electron chi connectivity index (χ3n) is 7.16. The van der Waals surface area contributed by atoms with Gasteiger partial charge in [0.25, 0.3) is 0 Å². The van der Waals surface area contributed by atoms with Crippen LogP contribution < -0.4 is 0 Å². The average Bonchev–Trinajstić information content (AvgIpc) is 3.33. The van der Waals surface area contributed by atoms with Crippen LogP contribution in [0.15, 0.2) is 42.0 Å². The highest BCUT2D eigenvalue weighted by molar-refractivity contribution is 5.93. The minimum absolute atomic E-state index is 0.0529. The van der Waals surface area contributed by atoms with E-state index in [1.165, 1.54) is 16.7 Å². The molecule has 0 aromatic heterocycles. The van der Waals surface area contributed by atoms with E-state index in [1.54, 1.807) is 0 Å². The summed E-state index contributed by atoms with van der Waals surface area (Å²) in [5, 5.41) is 0. The molecule has 4 heterocycles. The standard InChI is InChI=1S/C24H28N2O3/c1-15-7-10-25(11-8-15)22(27)20-19-6-9-24(29-19)14-26(23(28)21(20)24)13-18-5-4-16(2)17(3)12-18/h4-7,9,12,19-21H,8,10-11,13-14H2,1-3H3/t19-,20?,21?,24-/m1/s1. The van der Waals surface area contributed by atoms with E-state index >= 15 is 0 Å². The van der Waals surface area contributed by atoms with Crippen molar-refractivity contribution in [3.05, 3.63) is 58.7 Å². The summed E-state index contributed by atoms with van der Waals surface area (Å²) in [7, 11) is 0. The van der Waals surface area contributed by atoms with Gasteiger partial charge in [0.05, 0.1) is 24.5 Å². The molecule has 1 aromatic rings. The number of hydrogen-bond acceptors (Lipinski definition) is 3. The highest BCUT2D eigenvalue weighted by Crippen LogP contribution is 2.52. The zero-order chi connectivity index (χ0) is 20.3. The van der Waals surface area contributed by atoms with Gasteiger partial charge in [0.2, 0.25) is 11.8 Å². The van der Waals surface area contributed by atoms with Crippen molar-refractivity contribution in [2.24, 2.45) is 11.8 Å². The Labute approximate surface area is 172 Å². The lowest BCUT2D eigenvalue weighted by molar-refractivity contribution is -0.143. The molecule has 1 aromatic carbocycles. The molecule has 0 radical (unpaired) electrons. The van der Waals surface area contributed by atoms with Gasteiger partial charge in [0.1, 0.15) is 5.60 Å². The van der Waals surface area contributed by atoms with Crippen molar-refractivity contribution in [3.63, 3.8) is 0 Å². The highest BCUT2D eigenvalue weighted by Gasteiger charge is 2.67. The van der Waals surface area contributed by atoms with Crippen molar-refractivity contribution in [2.45, 2.75) is 45.4 Å². The third kappa shape index (κ3) is 2.86. The summed E-state index contributed by atoms with van der Waals surface area (Å²) < 4.78 is 6.27. The monoisotopic (exact) mass is 392 g/mol. The number of carbonyl (C=O) groups excluding carboxylic acids is 2. The largest absolute Gasteiger partial charge is 0.360 e. The first-order valence-corrected chi connectivity index (χ1v) is 10.5. The Kier molecular flexibility index (Phi) is 4.21. The van der Waals surface area contributed by atoms with Gasteiger partial charge < -0.3 is 14.5 Å². The molecule has 29 heavy (non-hydrogen) atoms.